The summed E-state index contributed by atoms with van der Waals surface area (Å²) in [5.41, 5.74) is -0.722. The lowest BCUT2D eigenvalue weighted by molar-refractivity contribution is -0.151. The van der Waals surface area contributed by atoms with Crippen LogP contribution < -0.4 is 10.6 Å². The lowest BCUT2D eigenvalue weighted by atomic mass is 9.74. The number of hydrogen-bond acceptors (Lipinski definition) is 3. The molecule has 1 saturated carbocycles. The van der Waals surface area contributed by atoms with E-state index in [4.69, 9.17) is 0 Å². The van der Waals surface area contributed by atoms with Crippen LogP contribution in [0.25, 0.3) is 0 Å². The van der Waals surface area contributed by atoms with Gasteiger partial charge in [-0.05, 0) is 51.1 Å². The normalized spacial score (nSPS) is 25.2. The molecule has 0 bridgehead atoms. The molecule has 0 aromatic rings. The highest BCUT2D eigenvalue weighted by Crippen LogP contribution is 2.36. The van der Waals surface area contributed by atoms with E-state index in [1.807, 2.05) is 0 Å². The van der Waals surface area contributed by atoms with Crippen LogP contribution >= 0.6 is 0 Å². The molecule has 0 spiro atoms. The fourth-order valence-electron chi connectivity index (χ4n) is 3.56. The van der Waals surface area contributed by atoms with Gasteiger partial charge in [0.15, 0.2) is 0 Å². The molecule has 0 aromatic carbocycles. The van der Waals surface area contributed by atoms with Crippen LogP contribution in [0, 0.1) is 11.3 Å². The van der Waals surface area contributed by atoms with Gasteiger partial charge < -0.3 is 15.7 Å². The van der Waals surface area contributed by atoms with Crippen molar-refractivity contribution < 1.29 is 14.7 Å². The quantitative estimate of drug-likeness (QED) is 0.699. The number of aliphatic carboxylic acids is 1. The monoisotopic (exact) mass is 296 g/mol. The van der Waals surface area contributed by atoms with Crippen LogP contribution in [0.15, 0.2) is 0 Å². The molecule has 1 unspecified atom stereocenters. The SMILES string of the molecule is O=C(CCC1CCCNC1)NCC1(C(=O)O)CCCCC1. The molecule has 21 heavy (non-hydrogen) atoms. The zero-order valence-electron chi connectivity index (χ0n) is 12.8. The second-order valence-electron chi connectivity index (χ2n) is 6.67. The number of rotatable bonds is 6. The van der Waals surface area contributed by atoms with Crippen LogP contribution in [0.3, 0.4) is 0 Å². The first kappa shape index (κ1) is 16.3. The van der Waals surface area contributed by atoms with Crippen LogP contribution in [0.1, 0.15) is 57.8 Å². The van der Waals surface area contributed by atoms with Gasteiger partial charge in [-0.1, -0.05) is 19.3 Å². The minimum Gasteiger partial charge on any atom is -0.481 e. The van der Waals surface area contributed by atoms with Gasteiger partial charge in [-0.2, -0.15) is 0 Å². The third kappa shape index (κ3) is 4.70. The molecule has 1 saturated heterocycles. The molecule has 5 heteroatoms. The van der Waals surface area contributed by atoms with Crippen molar-refractivity contribution in [2.75, 3.05) is 19.6 Å². The van der Waals surface area contributed by atoms with E-state index in [2.05, 4.69) is 10.6 Å². The van der Waals surface area contributed by atoms with Gasteiger partial charge in [0.25, 0.3) is 0 Å². The number of hydrogen-bond donors (Lipinski definition) is 3. The van der Waals surface area contributed by atoms with Gasteiger partial charge >= 0.3 is 5.97 Å². The minimum absolute atomic E-state index is 0.00627. The van der Waals surface area contributed by atoms with Crippen molar-refractivity contribution in [3.05, 3.63) is 0 Å². The summed E-state index contributed by atoms with van der Waals surface area (Å²) < 4.78 is 0. The van der Waals surface area contributed by atoms with Crippen molar-refractivity contribution in [3.8, 4) is 0 Å². The van der Waals surface area contributed by atoms with Crippen LogP contribution in [0.2, 0.25) is 0 Å². The Morgan fingerprint density at radius 2 is 1.95 bits per heavy atom. The topological polar surface area (TPSA) is 78.4 Å². The van der Waals surface area contributed by atoms with Crippen LogP contribution in [0.5, 0.6) is 0 Å². The van der Waals surface area contributed by atoms with Crippen LogP contribution in [-0.4, -0.2) is 36.6 Å². The Morgan fingerprint density at radius 3 is 2.57 bits per heavy atom. The van der Waals surface area contributed by atoms with E-state index in [0.29, 0.717) is 31.7 Å². The summed E-state index contributed by atoms with van der Waals surface area (Å²) in [5, 5.41) is 15.7. The largest absolute Gasteiger partial charge is 0.481 e. The maximum atomic E-state index is 12.0. The van der Waals surface area contributed by atoms with Gasteiger partial charge in [-0.25, -0.2) is 0 Å². The van der Waals surface area contributed by atoms with Gasteiger partial charge in [0.1, 0.15) is 0 Å². The minimum atomic E-state index is -0.751. The molecule has 2 aliphatic rings. The van der Waals surface area contributed by atoms with E-state index in [0.717, 1.165) is 38.8 Å². The summed E-state index contributed by atoms with van der Waals surface area (Å²) in [7, 11) is 0. The predicted molar refractivity (Wildman–Crippen MR) is 81.0 cm³/mol. The second-order valence-corrected chi connectivity index (χ2v) is 6.67. The Labute approximate surface area is 126 Å². The lowest BCUT2D eigenvalue weighted by Gasteiger charge is -2.33. The van der Waals surface area contributed by atoms with Gasteiger partial charge in [0.2, 0.25) is 5.91 Å². The maximum absolute atomic E-state index is 12.0. The fourth-order valence-corrected chi connectivity index (χ4v) is 3.56. The Bertz CT molecular complexity index is 359. The number of nitrogens with one attached hydrogen (secondary N) is 2. The Balaban J connectivity index is 1.72. The number of carbonyl (C=O) groups is 2. The summed E-state index contributed by atoms with van der Waals surface area (Å²) >= 11 is 0. The summed E-state index contributed by atoms with van der Waals surface area (Å²) in [6, 6.07) is 0. The summed E-state index contributed by atoms with van der Waals surface area (Å²) in [6.45, 7) is 2.39. The van der Waals surface area contributed by atoms with Gasteiger partial charge in [0, 0.05) is 13.0 Å². The number of carbonyl (C=O) groups excluding carboxylic acids is 1. The molecule has 120 valence electrons. The molecule has 3 N–H and O–H groups in total. The summed E-state index contributed by atoms with van der Waals surface area (Å²) in [4.78, 5) is 23.5. The fraction of sp³-hybridized carbons (Fsp3) is 0.875. The van der Waals surface area contributed by atoms with E-state index >= 15 is 0 Å². The Kier molecular flexibility index (Phi) is 6.03. The third-order valence-corrected chi connectivity index (χ3v) is 5.07. The highest BCUT2D eigenvalue weighted by molar-refractivity contribution is 5.79. The predicted octanol–water partition coefficient (Wildman–Crippen LogP) is 1.92. The van der Waals surface area contributed by atoms with Gasteiger partial charge in [-0.15, -0.1) is 0 Å². The molecule has 0 aromatic heterocycles. The smallest absolute Gasteiger partial charge is 0.311 e. The van der Waals surface area contributed by atoms with E-state index in [-0.39, 0.29) is 5.91 Å². The first-order valence-electron chi connectivity index (χ1n) is 8.33. The molecule has 1 aliphatic heterocycles. The lowest BCUT2D eigenvalue weighted by Crippen LogP contribution is -2.44. The molecule has 2 fully saturated rings. The van der Waals surface area contributed by atoms with Crippen molar-refractivity contribution in [1.29, 1.82) is 0 Å². The second kappa shape index (κ2) is 7.78. The third-order valence-electron chi connectivity index (χ3n) is 5.07. The van der Waals surface area contributed by atoms with E-state index in [1.54, 1.807) is 0 Å². The van der Waals surface area contributed by atoms with Crippen molar-refractivity contribution in [2.24, 2.45) is 11.3 Å². The molecule has 1 heterocycles. The van der Waals surface area contributed by atoms with E-state index in [1.165, 1.54) is 12.8 Å². The number of carboxylic acid groups (broad SMARTS) is 1. The molecule has 0 radical (unpaired) electrons. The van der Waals surface area contributed by atoms with E-state index in [9.17, 15) is 14.7 Å². The molecule has 1 aliphatic carbocycles. The average molecular weight is 296 g/mol. The van der Waals surface area contributed by atoms with Gasteiger partial charge in [-0.3, -0.25) is 9.59 Å². The van der Waals surface area contributed by atoms with E-state index < -0.39 is 11.4 Å². The van der Waals surface area contributed by atoms with Crippen molar-refractivity contribution in [1.82, 2.24) is 10.6 Å². The zero-order chi connectivity index (χ0) is 15.1. The summed E-state index contributed by atoms with van der Waals surface area (Å²) in [5.74, 6) is -0.154. The summed E-state index contributed by atoms with van der Waals surface area (Å²) in [6.07, 6.45) is 8.20. The Hall–Kier alpha value is -1.10. The number of carboxylic acids is 1. The molecule has 1 amide bonds. The standard InChI is InChI=1S/C16H28N2O3/c19-14(7-6-13-5-4-10-17-11-13)18-12-16(15(20)21)8-2-1-3-9-16/h13,17H,1-12H2,(H,18,19)(H,20,21). The van der Waals surface area contributed by atoms with Crippen molar-refractivity contribution >= 4 is 11.9 Å². The molecular weight excluding hydrogens is 268 g/mol. The van der Waals surface area contributed by atoms with Crippen LogP contribution in [-0.2, 0) is 9.59 Å². The molecule has 5 nitrogen and oxygen atoms in total. The Morgan fingerprint density at radius 1 is 1.19 bits per heavy atom. The average Bonchev–Trinajstić information content (AvgIpc) is 2.52. The van der Waals surface area contributed by atoms with Gasteiger partial charge in [0.05, 0.1) is 5.41 Å². The molecular formula is C16H28N2O3. The zero-order valence-corrected chi connectivity index (χ0v) is 12.8. The maximum Gasteiger partial charge on any atom is 0.311 e. The number of piperidine rings is 1. The highest BCUT2D eigenvalue weighted by atomic mass is 16.4. The van der Waals surface area contributed by atoms with Crippen LogP contribution in [0.4, 0.5) is 0 Å². The number of amides is 1. The highest BCUT2D eigenvalue weighted by Gasteiger charge is 2.39. The molecule has 1 atom stereocenters. The van der Waals surface area contributed by atoms with Crippen molar-refractivity contribution in [3.63, 3.8) is 0 Å². The van der Waals surface area contributed by atoms with Crippen molar-refractivity contribution in [2.45, 2.75) is 57.8 Å². The molecule has 2 rings (SSSR count). The first-order chi connectivity index (χ1) is 10.1. The first-order valence-corrected chi connectivity index (χ1v) is 8.33.